The van der Waals surface area contributed by atoms with Crippen LogP contribution in [0.5, 0.6) is 5.88 Å². The predicted molar refractivity (Wildman–Crippen MR) is 66.5 cm³/mol. The fraction of sp³-hybridized carbons (Fsp3) is 0.545. The van der Waals surface area contributed by atoms with Gasteiger partial charge in [0, 0.05) is 12.1 Å². The van der Waals surface area contributed by atoms with Gasteiger partial charge in [0.25, 0.3) is 0 Å². The molecule has 2 rings (SSSR count). The molecule has 1 aromatic rings. The first-order valence-corrected chi connectivity index (χ1v) is 7.68. The summed E-state index contributed by atoms with van der Waals surface area (Å²) < 4.78 is 62.9. The zero-order valence-electron chi connectivity index (χ0n) is 10.4. The fourth-order valence-corrected chi connectivity index (χ4v) is 3.52. The Morgan fingerprint density at radius 2 is 2.15 bits per heavy atom. The van der Waals surface area contributed by atoms with Crippen LogP contribution < -0.4 is 10.1 Å². The summed E-state index contributed by atoms with van der Waals surface area (Å²) in [7, 11) is -2.98. The lowest BCUT2D eigenvalue weighted by Gasteiger charge is -2.13. The third-order valence-electron chi connectivity index (χ3n) is 2.72. The van der Waals surface area contributed by atoms with Crippen molar-refractivity contribution < 1.29 is 26.3 Å². The molecule has 0 saturated carbocycles. The summed E-state index contributed by atoms with van der Waals surface area (Å²) in [5.41, 5.74) is 0.548. The zero-order valence-corrected chi connectivity index (χ0v) is 11.2. The molecule has 0 aliphatic carbocycles. The highest BCUT2D eigenvalue weighted by atomic mass is 32.2. The Bertz CT molecular complexity index is 557. The van der Waals surface area contributed by atoms with Gasteiger partial charge in [-0.1, -0.05) is 0 Å². The molecule has 9 heteroatoms. The number of rotatable bonds is 4. The minimum atomic E-state index is -4.41. The number of hydrogen-bond acceptors (Lipinski definition) is 5. The van der Waals surface area contributed by atoms with E-state index in [1.165, 1.54) is 18.3 Å². The number of alkyl halides is 3. The molecule has 0 bridgehead atoms. The lowest BCUT2D eigenvalue weighted by molar-refractivity contribution is -0.154. The van der Waals surface area contributed by atoms with Crippen molar-refractivity contribution in [1.82, 2.24) is 4.98 Å². The van der Waals surface area contributed by atoms with Crippen LogP contribution in [0.3, 0.4) is 0 Å². The summed E-state index contributed by atoms with van der Waals surface area (Å²) in [4.78, 5) is 3.73. The first kappa shape index (κ1) is 14.9. The zero-order chi connectivity index (χ0) is 14.8. The Labute approximate surface area is 114 Å². The Morgan fingerprint density at radius 1 is 1.40 bits per heavy atom. The quantitative estimate of drug-likeness (QED) is 0.915. The van der Waals surface area contributed by atoms with Gasteiger partial charge in [-0.05, 0) is 12.5 Å². The number of hydrogen-bond donors (Lipinski definition) is 1. The molecule has 0 amide bonds. The summed E-state index contributed by atoms with van der Waals surface area (Å²) in [5, 5.41) is 2.98. The highest BCUT2D eigenvalue weighted by Crippen LogP contribution is 2.20. The average Bonchev–Trinajstić information content (AvgIpc) is 2.67. The van der Waals surface area contributed by atoms with Gasteiger partial charge in [0.15, 0.2) is 16.4 Å². The molecule has 2 heterocycles. The van der Waals surface area contributed by atoms with Crippen molar-refractivity contribution in [1.29, 1.82) is 0 Å². The largest absolute Gasteiger partial charge is 0.468 e. The summed E-state index contributed by atoms with van der Waals surface area (Å²) >= 11 is 0. The van der Waals surface area contributed by atoms with E-state index in [1.807, 2.05) is 0 Å². The monoisotopic (exact) mass is 310 g/mol. The normalized spacial score (nSPS) is 21.6. The van der Waals surface area contributed by atoms with Gasteiger partial charge in [-0.25, -0.2) is 13.4 Å². The fourth-order valence-electron chi connectivity index (χ4n) is 1.85. The number of anilines is 1. The van der Waals surface area contributed by atoms with E-state index >= 15 is 0 Å². The molecular formula is C11H13F3N2O3S. The van der Waals surface area contributed by atoms with Gasteiger partial charge in [0.2, 0.25) is 5.88 Å². The lowest BCUT2D eigenvalue weighted by Crippen LogP contribution is -2.21. The van der Waals surface area contributed by atoms with Crippen LogP contribution in [0.25, 0.3) is 0 Å². The number of nitrogens with one attached hydrogen (secondary N) is 1. The van der Waals surface area contributed by atoms with Crippen LogP contribution in [0.1, 0.15) is 6.42 Å². The molecule has 1 fully saturated rings. The second-order valence-electron chi connectivity index (χ2n) is 4.53. The van der Waals surface area contributed by atoms with Gasteiger partial charge in [-0.15, -0.1) is 0 Å². The van der Waals surface area contributed by atoms with Crippen LogP contribution in [-0.4, -0.2) is 43.7 Å². The molecule has 1 aromatic heterocycles. The van der Waals surface area contributed by atoms with Gasteiger partial charge in [0.05, 0.1) is 23.4 Å². The molecule has 1 N–H and O–H groups in total. The molecule has 0 radical (unpaired) electrons. The third-order valence-corrected chi connectivity index (χ3v) is 4.49. The van der Waals surface area contributed by atoms with E-state index < -0.39 is 22.6 Å². The smallest absolute Gasteiger partial charge is 0.422 e. The highest BCUT2D eigenvalue weighted by molar-refractivity contribution is 7.91. The maximum absolute atomic E-state index is 11.9. The summed E-state index contributed by atoms with van der Waals surface area (Å²) in [6.45, 7) is -1.40. The molecule has 20 heavy (non-hydrogen) atoms. The molecule has 1 aliphatic rings. The van der Waals surface area contributed by atoms with Crippen molar-refractivity contribution in [2.75, 3.05) is 23.4 Å². The lowest BCUT2D eigenvalue weighted by atomic mass is 10.2. The SMILES string of the molecule is O=S1(=O)CCC(Nc2ccc(OCC(F)(F)F)nc2)C1. The number of pyridine rings is 1. The molecule has 1 saturated heterocycles. The minimum Gasteiger partial charge on any atom is -0.468 e. The van der Waals surface area contributed by atoms with Gasteiger partial charge >= 0.3 is 6.18 Å². The maximum Gasteiger partial charge on any atom is 0.422 e. The molecule has 112 valence electrons. The number of aromatic nitrogens is 1. The maximum atomic E-state index is 11.9. The van der Waals surface area contributed by atoms with Gasteiger partial charge in [-0.3, -0.25) is 0 Å². The summed E-state index contributed by atoms with van der Waals surface area (Å²) in [6, 6.07) is 2.62. The van der Waals surface area contributed by atoms with Gasteiger partial charge < -0.3 is 10.1 Å². The Balaban J connectivity index is 1.89. The van der Waals surface area contributed by atoms with Crippen molar-refractivity contribution in [2.24, 2.45) is 0 Å². The standard InChI is InChI=1S/C11H13F3N2O3S/c12-11(13,14)7-19-10-2-1-8(5-15-10)16-9-3-4-20(17,18)6-9/h1-2,5,9,16H,3-4,6-7H2. The molecule has 0 spiro atoms. The summed E-state index contributed by atoms with van der Waals surface area (Å²) in [5.74, 6) is 0.0661. The summed E-state index contributed by atoms with van der Waals surface area (Å²) in [6.07, 6.45) is -2.58. The van der Waals surface area contributed by atoms with E-state index in [-0.39, 0.29) is 23.4 Å². The topological polar surface area (TPSA) is 68.3 Å². The second kappa shape index (κ2) is 5.47. The third kappa shape index (κ3) is 4.55. The van der Waals surface area contributed by atoms with Crippen molar-refractivity contribution in [2.45, 2.75) is 18.6 Å². The molecular weight excluding hydrogens is 297 g/mol. The number of nitrogens with zero attached hydrogens (tertiary/aromatic N) is 1. The van der Waals surface area contributed by atoms with Crippen molar-refractivity contribution in [3.63, 3.8) is 0 Å². The first-order chi connectivity index (χ1) is 9.23. The van der Waals surface area contributed by atoms with Crippen LogP contribution >= 0.6 is 0 Å². The van der Waals surface area contributed by atoms with Crippen LogP contribution in [0.2, 0.25) is 0 Å². The number of ether oxygens (including phenoxy) is 1. The van der Waals surface area contributed by atoms with E-state index in [1.54, 1.807) is 0 Å². The van der Waals surface area contributed by atoms with E-state index in [4.69, 9.17) is 0 Å². The van der Waals surface area contributed by atoms with E-state index in [9.17, 15) is 21.6 Å². The highest BCUT2D eigenvalue weighted by Gasteiger charge is 2.29. The van der Waals surface area contributed by atoms with E-state index in [2.05, 4.69) is 15.0 Å². The van der Waals surface area contributed by atoms with Crippen LogP contribution in [0, 0.1) is 0 Å². The predicted octanol–water partition coefficient (Wildman–Crippen LogP) is 1.62. The van der Waals surface area contributed by atoms with Crippen LogP contribution in [0.15, 0.2) is 18.3 Å². The minimum absolute atomic E-state index is 0.0549. The average molecular weight is 310 g/mol. The van der Waals surface area contributed by atoms with Crippen molar-refractivity contribution >= 4 is 15.5 Å². The van der Waals surface area contributed by atoms with E-state index in [0.29, 0.717) is 12.1 Å². The second-order valence-corrected chi connectivity index (χ2v) is 6.76. The van der Waals surface area contributed by atoms with Crippen LogP contribution in [-0.2, 0) is 9.84 Å². The molecule has 1 aliphatic heterocycles. The van der Waals surface area contributed by atoms with Gasteiger partial charge in [-0.2, -0.15) is 13.2 Å². The van der Waals surface area contributed by atoms with Crippen molar-refractivity contribution in [3.05, 3.63) is 18.3 Å². The van der Waals surface area contributed by atoms with Crippen molar-refractivity contribution in [3.8, 4) is 5.88 Å². The molecule has 1 atom stereocenters. The van der Waals surface area contributed by atoms with Crippen LogP contribution in [0.4, 0.5) is 18.9 Å². The number of sulfone groups is 1. The molecule has 1 unspecified atom stereocenters. The van der Waals surface area contributed by atoms with Gasteiger partial charge in [0.1, 0.15) is 0 Å². The Morgan fingerprint density at radius 3 is 2.65 bits per heavy atom. The first-order valence-electron chi connectivity index (χ1n) is 5.86. The Hall–Kier alpha value is -1.51. The Kier molecular flexibility index (Phi) is 4.07. The molecule has 0 aromatic carbocycles. The van der Waals surface area contributed by atoms with E-state index in [0.717, 1.165) is 0 Å². The number of halogens is 3. The molecule has 5 nitrogen and oxygen atoms in total.